The van der Waals surface area contributed by atoms with Crippen molar-refractivity contribution in [1.29, 1.82) is 0 Å². The van der Waals surface area contributed by atoms with Crippen molar-refractivity contribution < 1.29 is 9.53 Å². The number of para-hydroxylation sites is 2. The van der Waals surface area contributed by atoms with Crippen LogP contribution in [-0.2, 0) is 11.3 Å². The molecule has 1 fully saturated rings. The summed E-state index contributed by atoms with van der Waals surface area (Å²) in [6.45, 7) is 4.35. The van der Waals surface area contributed by atoms with Crippen LogP contribution < -0.4 is 15.2 Å². The molecule has 2 aliphatic rings. The van der Waals surface area contributed by atoms with Crippen LogP contribution in [0.2, 0.25) is 0 Å². The van der Waals surface area contributed by atoms with E-state index in [-0.39, 0.29) is 11.5 Å². The maximum atomic E-state index is 13.1. The largest absolute Gasteiger partial charge is 0.477 e. The third kappa shape index (κ3) is 3.76. The van der Waals surface area contributed by atoms with Crippen LogP contribution in [0.3, 0.4) is 0 Å². The molecule has 0 saturated carbocycles. The Labute approximate surface area is 180 Å². The molecule has 0 bridgehead atoms. The molecule has 2 aromatic heterocycles. The molecular weight excluding hydrogens is 392 g/mol. The van der Waals surface area contributed by atoms with Gasteiger partial charge in [-0.3, -0.25) is 14.0 Å². The van der Waals surface area contributed by atoms with Crippen LogP contribution in [0.15, 0.2) is 53.3 Å². The number of rotatable bonds is 3. The highest BCUT2D eigenvalue weighted by molar-refractivity contribution is 5.83. The Hall–Kier alpha value is -3.35. The Morgan fingerprint density at radius 3 is 2.74 bits per heavy atom. The Bertz CT molecular complexity index is 1180. The van der Waals surface area contributed by atoms with Gasteiger partial charge in [0.2, 0.25) is 0 Å². The summed E-state index contributed by atoms with van der Waals surface area (Å²) >= 11 is 0. The molecule has 7 heteroatoms. The Kier molecular flexibility index (Phi) is 5.10. The van der Waals surface area contributed by atoms with Gasteiger partial charge in [0.15, 0.2) is 6.10 Å². The lowest BCUT2D eigenvalue weighted by molar-refractivity contribution is -0.139. The first kappa shape index (κ1) is 19.6. The average Bonchev–Trinajstić information content (AvgIpc) is 2.79. The molecule has 0 radical (unpaired) electrons. The third-order valence-electron chi connectivity index (χ3n) is 6.09. The lowest BCUT2D eigenvalue weighted by Gasteiger charge is -2.38. The maximum absolute atomic E-state index is 13.1. The number of anilines is 1. The zero-order valence-corrected chi connectivity index (χ0v) is 17.7. The molecule has 1 amide bonds. The fourth-order valence-corrected chi connectivity index (χ4v) is 4.54. The summed E-state index contributed by atoms with van der Waals surface area (Å²) in [4.78, 5) is 34.6. The highest BCUT2D eigenvalue weighted by Gasteiger charge is 2.34. The van der Waals surface area contributed by atoms with Crippen molar-refractivity contribution in [2.24, 2.45) is 0 Å². The molecule has 31 heavy (non-hydrogen) atoms. The summed E-state index contributed by atoms with van der Waals surface area (Å²) < 4.78 is 7.72. The maximum Gasteiger partial charge on any atom is 0.265 e. The lowest BCUT2D eigenvalue weighted by Crippen LogP contribution is -2.51. The minimum Gasteiger partial charge on any atom is -0.477 e. The van der Waals surface area contributed by atoms with Gasteiger partial charge in [-0.25, -0.2) is 4.98 Å². The van der Waals surface area contributed by atoms with E-state index < -0.39 is 6.10 Å². The number of piperidine rings is 1. The van der Waals surface area contributed by atoms with Crippen LogP contribution in [0.5, 0.6) is 5.75 Å². The topological polar surface area (TPSA) is 67.2 Å². The molecule has 0 spiro atoms. The smallest absolute Gasteiger partial charge is 0.265 e. The molecule has 4 heterocycles. The first-order valence-corrected chi connectivity index (χ1v) is 10.9. The number of nitrogens with zero attached hydrogens (tertiary/aromatic N) is 4. The molecule has 5 rings (SSSR count). The number of ether oxygens (including phenoxy) is 1. The zero-order valence-electron chi connectivity index (χ0n) is 17.7. The van der Waals surface area contributed by atoms with Crippen LogP contribution >= 0.6 is 0 Å². The second-order valence-electron chi connectivity index (χ2n) is 8.29. The number of aryl methyl sites for hydroxylation is 1. The Balaban J connectivity index is 1.45. The molecule has 0 unspecified atom stereocenters. The Morgan fingerprint density at radius 1 is 1.10 bits per heavy atom. The van der Waals surface area contributed by atoms with Crippen molar-refractivity contribution in [2.45, 2.75) is 38.8 Å². The van der Waals surface area contributed by atoms with Crippen LogP contribution in [-0.4, -0.2) is 45.9 Å². The predicted molar refractivity (Wildman–Crippen MR) is 119 cm³/mol. The number of carbonyl (C=O) groups is 1. The van der Waals surface area contributed by atoms with Crippen molar-refractivity contribution in [3.8, 4) is 5.75 Å². The predicted octanol–water partition coefficient (Wildman–Crippen LogP) is 2.78. The average molecular weight is 418 g/mol. The number of hydrogen-bond donors (Lipinski definition) is 0. The van der Waals surface area contributed by atoms with Gasteiger partial charge < -0.3 is 14.5 Å². The van der Waals surface area contributed by atoms with Gasteiger partial charge in [-0.2, -0.15) is 0 Å². The SMILES string of the molecule is Cc1cccc2nc(CN3C[C@H](C(=O)N4CCCCC4)Oc4ccccc43)cc(=O)n12. The van der Waals surface area contributed by atoms with E-state index in [0.29, 0.717) is 30.2 Å². The van der Waals surface area contributed by atoms with Crippen molar-refractivity contribution in [2.75, 3.05) is 24.5 Å². The molecule has 2 aliphatic heterocycles. The second kappa shape index (κ2) is 8.06. The van der Waals surface area contributed by atoms with Crippen molar-refractivity contribution in [1.82, 2.24) is 14.3 Å². The molecule has 1 atom stereocenters. The highest BCUT2D eigenvalue weighted by atomic mass is 16.5. The zero-order chi connectivity index (χ0) is 21.4. The minimum absolute atomic E-state index is 0.0429. The molecule has 1 aromatic carbocycles. The molecule has 3 aromatic rings. The van der Waals surface area contributed by atoms with Gasteiger partial charge in [0.05, 0.1) is 24.5 Å². The summed E-state index contributed by atoms with van der Waals surface area (Å²) in [5.74, 6) is 0.735. The summed E-state index contributed by atoms with van der Waals surface area (Å²) in [7, 11) is 0. The summed E-state index contributed by atoms with van der Waals surface area (Å²) in [5, 5.41) is 0. The monoisotopic (exact) mass is 418 g/mol. The Morgan fingerprint density at radius 2 is 1.90 bits per heavy atom. The van der Waals surface area contributed by atoms with E-state index in [2.05, 4.69) is 4.90 Å². The van der Waals surface area contributed by atoms with E-state index in [4.69, 9.17) is 9.72 Å². The van der Waals surface area contributed by atoms with Gasteiger partial charge in [0.25, 0.3) is 11.5 Å². The summed E-state index contributed by atoms with van der Waals surface area (Å²) in [6, 6.07) is 15.0. The fraction of sp³-hybridized carbons (Fsp3) is 0.375. The third-order valence-corrected chi connectivity index (χ3v) is 6.09. The minimum atomic E-state index is -0.559. The number of pyridine rings is 1. The van der Waals surface area contributed by atoms with E-state index in [1.54, 1.807) is 10.5 Å². The molecule has 0 N–H and O–H groups in total. The number of likely N-dealkylation sites (tertiary alicyclic amines) is 1. The van der Waals surface area contributed by atoms with E-state index >= 15 is 0 Å². The number of hydrogen-bond acceptors (Lipinski definition) is 5. The van der Waals surface area contributed by atoms with Crippen LogP contribution in [0, 0.1) is 6.92 Å². The lowest BCUT2D eigenvalue weighted by atomic mass is 10.1. The van der Waals surface area contributed by atoms with Crippen LogP contribution in [0.4, 0.5) is 5.69 Å². The number of fused-ring (bicyclic) bond motifs is 2. The normalized spacial score (nSPS) is 18.5. The van der Waals surface area contributed by atoms with Gasteiger partial charge in [-0.05, 0) is 50.5 Å². The molecule has 160 valence electrons. The van der Waals surface area contributed by atoms with Crippen LogP contribution in [0.25, 0.3) is 5.65 Å². The van der Waals surface area contributed by atoms with Gasteiger partial charge in [-0.15, -0.1) is 0 Å². The van der Waals surface area contributed by atoms with Gasteiger partial charge in [-0.1, -0.05) is 18.2 Å². The molecule has 7 nitrogen and oxygen atoms in total. The van der Waals surface area contributed by atoms with Crippen molar-refractivity contribution in [3.05, 3.63) is 70.3 Å². The van der Waals surface area contributed by atoms with Crippen molar-refractivity contribution >= 4 is 17.2 Å². The summed E-state index contributed by atoms with van der Waals surface area (Å²) in [5.41, 5.74) is 2.98. The number of amides is 1. The van der Waals surface area contributed by atoms with E-state index in [0.717, 1.165) is 37.3 Å². The van der Waals surface area contributed by atoms with Gasteiger partial charge in [0, 0.05) is 24.8 Å². The number of benzene rings is 1. The van der Waals surface area contributed by atoms with Crippen LogP contribution in [0.1, 0.15) is 30.7 Å². The fourth-order valence-electron chi connectivity index (χ4n) is 4.54. The standard InChI is InChI=1S/C24H26N4O3/c1-17-8-7-11-22-25-18(14-23(29)28(17)22)15-27-16-21(24(30)26-12-5-2-6-13-26)31-20-10-4-3-9-19(20)27/h3-4,7-11,14,21H,2,5-6,12-13,15-16H2,1H3/t21-/m1/s1. The highest BCUT2D eigenvalue weighted by Crippen LogP contribution is 2.34. The van der Waals surface area contributed by atoms with E-state index in [1.807, 2.05) is 54.3 Å². The summed E-state index contributed by atoms with van der Waals surface area (Å²) in [6.07, 6.45) is 2.70. The van der Waals surface area contributed by atoms with Gasteiger partial charge in [0.1, 0.15) is 11.4 Å². The quantitative estimate of drug-likeness (QED) is 0.654. The van der Waals surface area contributed by atoms with E-state index in [9.17, 15) is 9.59 Å². The molecule has 0 aliphatic carbocycles. The first-order valence-electron chi connectivity index (χ1n) is 10.9. The number of carbonyl (C=O) groups excluding carboxylic acids is 1. The molecule has 1 saturated heterocycles. The van der Waals surface area contributed by atoms with E-state index in [1.165, 1.54) is 6.42 Å². The molecular formula is C24H26N4O3. The number of aromatic nitrogens is 2. The van der Waals surface area contributed by atoms with Gasteiger partial charge >= 0.3 is 0 Å². The van der Waals surface area contributed by atoms with Crippen molar-refractivity contribution in [3.63, 3.8) is 0 Å². The first-order chi connectivity index (χ1) is 15.1. The second-order valence-corrected chi connectivity index (χ2v) is 8.29.